The lowest BCUT2D eigenvalue weighted by Crippen LogP contribution is -2.07. The summed E-state index contributed by atoms with van der Waals surface area (Å²) in [6.07, 6.45) is 1.12. The number of carbonyl (C=O) groups is 1. The predicted molar refractivity (Wildman–Crippen MR) is 55.7 cm³/mol. The first-order valence-electron chi connectivity index (χ1n) is 4.32. The van der Waals surface area contributed by atoms with Crippen LogP contribution in [0.3, 0.4) is 0 Å². The smallest absolute Gasteiger partial charge is 0.175 e. The zero-order valence-corrected chi connectivity index (χ0v) is 9.37. The Bertz CT molecular complexity index is 462. The van der Waals surface area contributed by atoms with Crippen LogP contribution in [0, 0.1) is 0 Å². The molecule has 0 aromatic heterocycles. The van der Waals surface area contributed by atoms with Crippen molar-refractivity contribution in [2.75, 3.05) is 12.9 Å². The van der Waals surface area contributed by atoms with Crippen LogP contribution >= 0.6 is 0 Å². The van der Waals surface area contributed by atoms with Gasteiger partial charge >= 0.3 is 0 Å². The minimum Gasteiger partial charge on any atom is -0.486 e. The van der Waals surface area contributed by atoms with Gasteiger partial charge in [0.05, 0.1) is 4.90 Å². The topological polar surface area (TPSA) is 60.4 Å². The van der Waals surface area contributed by atoms with Crippen molar-refractivity contribution in [1.82, 2.24) is 0 Å². The lowest BCUT2D eigenvalue weighted by Gasteiger charge is -2.05. The standard InChI is InChI=1S/C10H12O4S/c1-8(11)7-14-9-4-3-5-10(6-9)15(2,12)13/h3-6H,7H2,1-2H3. The van der Waals surface area contributed by atoms with E-state index >= 15 is 0 Å². The van der Waals surface area contributed by atoms with Crippen molar-refractivity contribution < 1.29 is 17.9 Å². The molecule has 1 aromatic rings. The molecule has 82 valence electrons. The molecule has 0 radical (unpaired) electrons. The SMILES string of the molecule is CC(=O)COc1cccc(S(C)(=O)=O)c1. The van der Waals surface area contributed by atoms with Gasteiger partial charge in [0.2, 0.25) is 0 Å². The van der Waals surface area contributed by atoms with Crippen LogP contribution < -0.4 is 4.74 Å². The summed E-state index contributed by atoms with van der Waals surface area (Å²) in [6.45, 7) is 1.35. The van der Waals surface area contributed by atoms with Crippen molar-refractivity contribution in [3.8, 4) is 5.75 Å². The Hall–Kier alpha value is -1.36. The summed E-state index contributed by atoms with van der Waals surface area (Å²) in [4.78, 5) is 10.8. The van der Waals surface area contributed by atoms with Gasteiger partial charge in [-0.3, -0.25) is 4.79 Å². The summed E-state index contributed by atoms with van der Waals surface area (Å²) in [5.41, 5.74) is 0. The summed E-state index contributed by atoms with van der Waals surface area (Å²) >= 11 is 0. The van der Waals surface area contributed by atoms with Crippen LogP contribution in [0.4, 0.5) is 0 Å². The van der Waals surface area contributed by atoms with Gasteiger partial charge in [-0.25, -0.2) is 8.42 Å². The number of hydrogen-bond acceptors (Lipinski definition) is 4. The molecule has 0 unspecified atom stereocenters. The van der Waals surface area contributed by atoms with E-state index in [1.807, 2.05) is 0 Å². The Kier molecular flexibility index (Phi) is 3.47. The van der Waals surface area contributed by atoms with E-state index in [9.17, 15) is 13.2 Å². The van der Waals surface area contributed by atoms with Gasteiger partial charge in [-0.1, -0.05) is 6.07 Å². The zero-order valence-electron chi connectivity index (χ0n) is 8.56. The minimum atomic E-state index is -3.23. The summed E-state index contributed by atoms with van der Waals surface area (Å²) in [6, 6.07) is 6.07. The number of ketones is 1. The van der Waals surface area contributed by atoms with Crippen molar-refractivity contribution in [2.24, 2.45) is 0 Å². The average Bonchev–Trinajstić information content (AvgIpc) is 2.14. The third-order valence-electron chi connectivity index (χ3n) is 1.68. The maximum Gasteiger partial charge on any atom is 0.175 e. The Morgan fingerprint density at radius 2 is 2.07 bits per heavy atom. The number of Topliss-reactive ketones (excluding diaryl/α,β-unsaturated/α-hetero) is 1. The second kappa shape index (κ2) is 4.44. The maximum absolute atomic E-state index is 11.2. The van der Waals surface area contributed by atoms with Crippen molar-refractivity contribution in [3.63, 3.8) is 0 Å². The third-order valence-corrected chi connectivity index (χ3v) is 2.79. The van der Waals surface area contributed by atoms with E-state index in [4.69, 9.17) is 4.74 Å². The van der Waals surface area contributed by atoms with Gasteiger partial charge in [0, 0.05) is 6.26 Å². The molecule has 15 heavy (non-hydrogen) atoms. The molecule has 1 aromatic carbocycles. The number of hydrogen-bond donors (Lipinski definition) is 0. The van der Waals surface area contributed by atoms with E-state index in [1.54, 1.807) is 12.1 Å². The molecule has 0 saturated carbocycles. The van der Waals surface area contributed by atoms with Crippen LogP contribution in [0.1, 0.15) is 6.92 Å². The third kappa shape index (κ3) is 3.71. The fourth-order valence-electron chi connectivity index (χ4n) is 0.980. The monoisotopic (exact) mass is 228 g/mol. The molecule has 5 heteroatoms. The fraction of sp³-hybridized carbons (Fsp3) is 0.300. The second-order valence-electron chi connectivity index (χ2n) is 3.24. The molecule has 0 N–H and O–H groups in total. The summed E-state index contributed by atoms with van der Waals surface area (Å²) in [5, 5.41) is 0. The van der Waals surface area contributed by atoms with Crippen LogP contribution in [0.25, 0.3) is 0 Å². The van der Waals surface area contributed by atoms with Crippen molar-refractivity contribution in [1.29, 1.82) is 0 Å². The first-order valence-corrected chi connectivity index (χ1v) is 6.21. The highest BCUT2D eigenvalue weighted by Gasteiger charge is 2.07. The molecule has 4 nitrogen and oxygen atoms in total. The van der Waals surface area contributed by atoms with Crippen molar-refractivity contribution in [2.45, 2.75) is 11.8 Å². The Labute approximate surface area is 88.8 Å². The molecule has 0 saturated heterocycles. The number of rotatable bonds is 4. The van der Waals surface area contributed by atoms with Crippen LogP contribution in [-0.4, -0.2) is 27.1 Å². The number of sulfone groups is 1. The van der Waals surface area contributed by atoms with Gasteiger partial charge in [0.1, 0.15) is 12.4 Å². The largest absolute Gasteiger partial charge is 0.486 e. The first kappa shape index (κ1) is 11.7. The fourth-order valence-corrected chi connectivity index (χ4v) is 1.64. The predicted octanol–water partition coefficient (Wildman–Crippen LogP) is 1.06. The van der Waals surface area contributed by atoms with E-state index in [0.29, 0.717) is 5.75 Å². The van der Waals surface area contributed by atoms with Gasteiger partial charge in [0.15, 0.2) is 15.6 Å². The molecule has 0 aliphatic heterocycles. The van der Waals surface area contributed by atoms with Gasteiger partial charge in [-0.05, 0) is 25.1 Å². The highest BCUT2D eigenvalue weighted by Crippen LogP contribution is 2.17. The lowest BCUT2D eigenvalue weighted by atomic mass is 10.3. The van der Waals surface area contributed by atoms with Gasteiger partial charge in [0.25, 0.3) is 0 Å². The normalized spacial score (nSPS) is 11.1. The highest BCUT2D eigenvalue weighted by atomic mass is 32.2. The number of carbonyl (C=O) groups excluding carboxylic acids is 1. The van der Waals surface area contributed by atoms with Gasteiger partial charge in [-0.2, -0.15) is 0 Å². The summed E-state index contributed by atoms with van der Waals surface area (Å²) in [5.74, 6) is 0.271. The van der Waals surface area contributed by atoms with Crippen LogP contribution in [0.5, 0.6) is 5.75 Å². The molecular formula is C10H12O4S. The molecule has 0 amide bonds. The van der Waals surface area contributed by atoms with E-state index in [0.717, 1.165) is 6.26 Å². The Balaban J connectivity index is 2.89. The Morgan fingerprint density at radius 1 is 1.40 bits per heavy atom. The summed E-state index contributed by atoms with van der Waals surface area (Å²) in [7, 11) is -3.23. The lowest BCUT2D eigenvalue weighted by molar-refractivity contribution is -0.118. The molecule has 0 spiro atoms. The number of ether oxygens (including phenoxy) is 1. The van der Waals surface area contributed by atoms with E-state index in [2.05, 4.69) is 0 Å². The van der Waals surface area contributed by atoms with Crippen LogP contribution in [0.2, 0.25) is 0 Å². The molecule has 0 bridgehead atoms. The molecule has 0 atom stereocenters. The van der Waals surface area contributed by atoms with Crippen molar-refractivity contribution >= 4 is 15.6 Å². The molecule has 0 heterocycles. The minimum absolute atomic E-state index is 0.0484. The van der Waals surface area contributed by atoms with E-state index in [-0.39, 0.29) is 17.3 Å². The molecule has 0 aliphatic rings. The molecule has 0 fully saturated rings. The average molecular weight is 228 g/mol. The summed E-state index contributed by atoms with van der Waals surface area (Å²) < 4.78 is 27.5. The number of benzene rings is 1. The van der Waals surface area contributed by atoms with Crippen LogP contribution in [0.15, 0.2) is 29.2 Å². The van der Waals surface area contributed by atoms with Gasteiger partial charge in [-0.15, -0.1) is 0 Å². The van der Waals surface area contributed by atoms with E-state index in [1.165, 1.54) is 19.1 Å². The maximum atomic E-state index is 11.2. The molecule has 1 rings (SSSR count). The quantitative estimate of drug-likeness (QED) is 0.773. The van der Waals surface area contributed by atoms with Gasteiger partial charge < -0.3 is 4.74 Å². The molecule has 0 aliphatic carbocycles. The first-order chi connectivity index (χ1) is 6.89. The molecular weight excluding hydrogens is 216 g/mol. The zero-order chi connectivity index (χ0) is 11.5. The van der Waals surface area contributed by atoms with Crippen LogP contribution in [-0.2, 0) is 14.6 Å². The Morgan fingerprint density at radius 3 is 2.60 bits per heavy atom. The highest BCUT2D eigenvalue weighted by molar-refractivity contribution is 7.90. The van der Waals surface area contributed by atoms with Crippen molar-refractivity contribution in [3.05, 3.63) is 24.3 Å². The van der Waals surface area contributed by atoms with E-state index < -0.39 is 9.84 Å². The second-order valence-corrected chi connectivity index (χ2v) is 5.25.